The number of hydrogen-bond acceptors (Lipinski definition) is 8. The molecule has 0 radical (unpaired) electrons. The van der Waals surface area contributed by atoms with Crippen LogP contribution in [-0.2, 0) is 9.47 Å². The summed E-state index contributed by atoms with van der Waals surface area (Å²) in [6.45, 7) is 13.8. The van der Waals surface area contributed by atoms with E-state index in [1.54, 1.807) is 0 Å². The SMILES string of the molecule is CCC(C)(CCOCCOCCC(C)(C)CCN1C(=S)C=C2SCCC2C1=S)CCN1C(=S)C=C2SCCC2C1=S. The van der Waals surface area contributed by atoms with Crippen molar-refractivity contribution in [2.24, 2.45) is 22.7 Å². The van der Waals surface area contributed by atoms with Gasteiger partial charge < -0.3 is 19.3 Å². The first-order valence-corrected chi connectivity index (χ1v) is 18.7. The van der Waals surface area contributed by atoms with Gasteiger partial charge in [0.25, 0.3) is 0 Å². The van der Waals surface area contributed by atoms with Crippen LogP contribution in [0.1, 0.15) is 72.6 Å². The molecule has 0 aromatic heterocycles. The Hall–Kier alpha value is 0.0600. The Kier molecular flexibility index (Phi) is 12.7. The van der Waals surface area contributed by atoms with Gasteiger partial charge in [-0.05, 0) is 82.8 Å². The van der Waals surface area contributed by atoms with Crippen LogP contribution < -0.4 is 0 Å². The highest BCUT2D eigenvalue weighted by Crippen LogP contribution is 2.42. The van der Waals surface area contributed by atoms with Gasteiger partial charge >= 0.3 is 0 Å². The smallest absolute Gasteiger partial charge is 0.107 e. The summed E-state index contributed by atoms with van der Waals surface area (Å²) in [5.41, 5.74) is 0.369. The largest absolute Gasteiger partial charge is 0.379 e. The molecule has 0 aromatic carbocycles. The lowest BCUT2D eigenvalue weighted by Crippen LogP contribution is -2.42. The van der Waals surface area contributed by atoms with E-state index in [1.807, 2.05) is 23.5 Å². The zero-order valence-corrected chi connectivity index (χ0v) is 30.0. The fraction of sp³-hybridized carbons (Fsp3) is 0.742. The topological polar surface area (TPSA) is 24.9 Å². The molecule has 3 unspecified atom stereocenters. The van der Waals surface area contributed by atoms with Crippen molar-refractivity contribution in [3.8, 4) is 0 Å². The number of nitrogens with zero attached hydrogens (tertiary/aromatic N) is 2. The van der Waals surface area contributed by atoms with Gasteiger partial charge in [-0.25, -0.2) is 0 Å². The maximum Gasteiger partial charge on any atom is 0.107 e. The second-order valence-corrected chi connectivity index (χ2v) is 16.7. The zero-order chi connectivity index (χ0) is 29.6. The Morgan fingerprint density at radius 3 is 1.73 bits per heavy atom. The van der Waals surface area contributed by atoms with E-state index in [4.69, 9.17) is 58.3 Å². The molecule has 0 saturated carbocycles. The van der Waals surface area contributed by atoms with Gasteiger partial charge in [-0.1, -0.05) is 83.0 Å². The van der Waals surface area contributed by atoms with Gasteiger partial charge in [0.1, 0.15) is 9.98 Å². The Morgan fingerprint density at radius 1 is 0.732 bits per heavy atom. The molecule has 10 heteroatoms. The van der Waals surface area contributed by atoms with Gasteiger partial charge in [-0.2, -0.15) is 0 Å². The van der Waals surface area contributed by atoms with E-state index in [-0.39, 0.29) is 10.8 Å². The number of ether oxygens (including phenoxy) is 2. The lowest BCUT2D eigenvalue weighted by atomic mass is 9.80. The van der Waals surface area contributed by atoms with Gasteiger partial charge in [-0.15, -0.1) is 23.5 Å². The van der Waals surface area contributed by atoms with Crippen LogP contribution in [0, 0.1) is 22.7 Å². The van der Waals surface area contributed by atoms with E-state index < -0.39 is 0 Å². The van der Waals surface area contributed by atoms with E-state index in [0.29, 0.717) is 25.0 Å². The minimum absolute atomic E-state index is 0.163. The molecule has 0 N–H and O–H groups in total. The molecule has 4 aliphatic rings. The average Bonchev–Trinajstić information content (AvgIpc) is 3.59. The molecule has 4 heterocycles. The number of thiocarbonyl (C=S) groups is 4. The van der Waals surface area contributed by atoms with Crippen molar-refractivity contribution in [2.45, 2.75) is 72.6 Å². The molecule has 228 valence electrons. The van der Waals surface area contributed by atoms with Gasteiger partial charge in [-0.3, -0.25) is 0 Å². The number of rotatable bonds is 16. The van der Waals surface area contributed by atoms with E-state index >= 15 is 0 Å². The second kappa shape index (κ2) is 15.4. The third-order valence-electron chi connectivity index (χ3n) is 9.18. The Bertz CT molecular complexity index is 1070. The van der Waals surface area contributed by atoms with Crippen molar-refractivity contribution in [1.82, 2.24) is 9.80 Å². The summed E-state index contributed by atoms with van der Waals surface area (Å²) in [4.78, 5) is 11.0. The molecule has 0 bridgehead atoms. The fourth-order valence-electron chi connectivity index (χ4n) is 5.67. The molecule has 3 atom stereocenters. The van der Waals surface area contributed by atoms with Crippen molar-refractivity contribution < 1.29 is 9.47 Å². The minimum Gasteiger partial charge on any atom is -0.379 e. The molecule has 41 heavy (non-hydrogen) atoms. The van der Waals surface area contributed by atoms with Crippen molar-refractivity contribution >= 4 is 92.3 Å². The molecule has 4 nitrogen and oxygen atoms in total. The van der Waals surface area contributed by atoms with Crippen LogP contribution in [0.3, 0.4) is 0 Å². The Morgan fingerprint density at radius 2 is 1.22 bits per heavy atom. The first-order valence-electron chi connectivity index (χ1n) is 15.1. The summed E-state index contributed by atoms with van der Waals surface area (Å²) in [5, 5.41) is 0. The predicted molar refractivity (Wildman–Crippen MR) is 193 cm³/mol. The van der Waals surface area contributed by atoms with Crippen LogP contribution in [0.5, 0.6) is 0 Å². The average molecular weight is 671 g/mol. The molecule has 0 amide bonds. The zero-order valence-electron chi connectivity index (χ0n) is 25.1. The maximum absolute atomic E-state index is 5.99. The third kappa shape index (κ3) is 9.05. The molecule has 4 aliphatic heterocycles. The van der Waals surface area contributed by atoms with E-state index in [0.717, 1.165) is 103 Å². The van der Waals surface area contributed by atoms with E-state index in [2.05, 4.69) is 49.6 Å². The lowest BCUT2D eigenvalue weighted by Gasteiger charge is -2.36. The molecular weight excluding hydrogens is 625 g/mol. The number of hydrogen-bond donors (Lipinski definition) is 0. The monoisotopic (exact) mass is 670 g/mol. The third-order valence-corrected chi connectivity index (χ3v) is 13.2. The highest BCUT2D eigenvalue weighted by Gasteiger charge is 2.36. The van der Waals surface area contributed by atoms with Gasteiger partial charge in [0, 0.05) is 38.1 Å². The molecule has 2 fully saturated rings. The summed E-state index contributed by atoms with van der Waals surface area (Å²) in [5.74, 6) is 3.12. The lowest BCUT2D eigenvalue weighted by molar-refractivity contribution is 0.0252. The molecule has 4 rings (SSSR count). The molecule has 0 aliphatic carbocycles. The van der Waals surface area contributed by atoms with Crippen LogP contribution in [0.2, 0.25) is 0 Å². The fourth-order valence-corrected chi connectivity index (χ4v) is 10.0. The summed E-state index contributed by atoms with van der Waals surface area (Å²) in [7, 11) is 0. The van der Waals surface area contributed by atoms with Crippen molar-refractivity contribution in [1.29, 1.82) is 0 Å². The predicted octanol–water partition coefficient (Wildman–Crippen LogP) is 8.24. The van der Waals surface area contributed by atoms with Crippen LogP contribution in [0.25, 0.3) is 0 Å². The van der Waals surface area contributed by atoms with Crippen LogP contribution >= 0.6 is 72.4 Å². The van der Waals surface area contributed by atoms with Gasteiger partial charge in [0.15, 0.2) is 0 Å². The van der Waals surface area contributed by atoms with E-state index in [9.17, 15) is 0 Å². The molecule has 0 aromatic rings. The highest BCUT2D eigenvalue weighted by molar-refractivity contribution is 8.03. The summed E-state index contributed by atoms with van der Waals surface area (Å²) < 4.78 is 12.0. The summed E-state index contributed by atoms with van der Waals surface area (Å²) >= 11 is 26.9. The summed E-state index contributed by atoms with van der Waals surface area (Å²) in [6.07, 6.45) is 11.9. The van der Waals surface area contributed by atoms with Crippen LogP contribution in [0.4, 0.5) is 0 Å². The summed E-state index contributed by atoms with van der Waals surface area (Å²) in [6, 6.07) is 0. The Balaban J connectivity index is 1.07. The van der Waals surface area contributed by atoms with Crippen LogP contribution in [-0.4, -0.2) is 80.8 Å². The maximum atomic E-state index is 5.99. The van der Waals surface area contributed by atoms with Crippen molar-refractivity contribution in [3.05, 3.63) is 22.0 Å². The standard InChI is InChI=1S/C31H46N2O2S6/c1-5-31(4,9-13-33-27(37)21-25-23(29(33)39)7-19-41-25)11-15-35-17-16-34-14-10-30(2,3)8-12-32-26(36)20-24-22(28(32)38)6-18-40-24/h20-23H,5-19H2,1-4H3. The second-order valence-electron chi connectivity index (χ2n) is 12.7. The highest BCUT2D eigenvalue weighted by atomic mass is 32.2. The van der Waals surface area contributed by atoms with Gasteiger partial charge in [0.2, 0.25) is 0 Å². The number of fused-ring (bicyclic) bond motifs is 2. The van der Waals surface area contributed by atoms with Crippen molar-refractivity contribution in [3.63, 3.8) is 0 Å². The molecular formula is C31H46N2O2S6. The Labute approximate surface area is 278 Å². The van der Waals surface area contributed by atoms with Crippen LogP contribution in [0.15, 0.2) is 22.0 Å². The molecule has 0 spiro atoms. The molecule has 2 saturated heterocycles. The minimum atomic E-state index is 0.163. The first kappa shape index (κ1) is 33.9. The number of thioether (sulfide) groups is 2. The van der Waals surface area contributed by atoms with E-state index in [1.165, 1.54) is 9.81 Å². The first-order chi connectivity index (χ1) is 19.5. The quantitative estimate of drug-likeness (QED) is 0.118. The van der Waals surface area contributed by atoms with Gasteiger partial charge in [0.05, 0.1) is 23.2 Å². The van der Waals surface area contributed by atoms with Crippen molar-refractivity contribution in [2.75, 3.05) is 51.0 Å². The normalized spacial score (nSPS) is 24.4.